The Kier molecular flexibility index (Phi) is 2.57. The molecule has 2 heterocycles. The Morgan fingerprint density at radius 2 is 1.52 bits per heavy atom. The van der Waals surface area contributed by atoms with Gasteiger partial charge in [0.1, 0.15) is 0 Å². The summed E-state index contributed by atoms with van der Waals surface area (Å²) in [7, 11) is 2.04. The van der Waals surface area contributed by atoms with E-state index in [-0.39, 0.29) is 0 Å². The second kappa shape index (κ2) is 4.63. The maximum atomic E-state index is 3.41. The van der Waals surface area contributed by atoms with E-state index in [1.54, 1.807) is 0 Å². The highest BCUT2D eigenvalue weighted by Crippen LogP contribution is 2.38. The van der Waals surface area contributed by atoms with Crippen molar-refractivity contribution in [3.63, 3.8) is 0 Å². The van der Waals surface area contributed by atoms with Crippen molar-refractivity contribution >= 4 is 54.6 Å². The smallest absolute Gasteiger partial charge is 0.135 e. The van der Waals surface area contributed by atoms with Crippen LogP contribution in [0, 0.1) is 0 Å². The molecule has 3 aromatic carbocycles. The van der Waals surface area contributed by atoms with Gasteiger partial charge in [-0.3, -0.25) is 0 Å². The molecule has 5 rings (SSSR count). The Morgan fingerprint density at radius 1 is 0.783 bits per heavy atom. The normalized spacial score (nSPS) is 13.3. The average Bonchev–Trinajstić information content (AvgIpc) is 3.13. The third-order valence-electron chi connectivity index (χ3n) is 4.35. The van der Waals surface area contributed by atoms with Gasteiger partial charge in [0.2, 0.25) is 5.69 Å². The lowest BCUT2D eigenvalue weighted by molar-refractivity contribution is -0.394. The van der Waals surface area contributed by atoms with Gasteiger partial charge in [-0.15, -0.1) is 11.3 Å². The number of hydrogen-bond acceptors (Lipinski definition) is 1. The van der Waals surface area contributed by atoms with Crippen molar-refractivity contribution in [3.8, 4) is 0 Å². The molecule has 0 atom stereocenters. The summed E-state index contributed by atoms with van der Waals surface area (Å²) in [5.41, 5.74) is 3.51. The van der Waals surface area contributed by atoms with E-state index in [1.807, 2.05) is 23.0 Å². The molecule has 0 spiro atoms. The van der Waals surface area contributed by atoms with Crippen LogP contribution in [0.2, 0.25) is 0 Å². The Bertz CT molecular complexity index is 1160. The molecular weight excluding hydrogens is 300 g/mol. The molecule has 0 radical (unpaired) electrons. The van der Waals surface area contributed by atoms with Crippen molar-refractivity contribution in [1.29, 1.82) is 0 Å². The maximum Gasteiger partial charge on any atom is 0.496 e. The van der Waals surface area contributed by atoms with Gasteiger partial charge >= 0.3 is 6.01 Å². The van der Waals surface area contributed by atoms with Gasteiger partial charge in [0.25, 0.3) is 11.4 Å². The highest BCUT2D eigenvalue weighted by Gasteiger charge is 2.32. The Hall–Kier alpha value is -2.74. The molecule has 0 saturated heterocycles. The number of rotatable bonds is 1. The first kappa shape index (κ1) is 12.8. The zero-order valence-corrected chi connectivity index (χ0v) is 13.5. The molecule has 0 unspecified atom stereocenters. The topological polar surface area (TPSA) is 6.02 Å². The first-order valence-corrected chi connectivity index (χ1v) is 8.43. The molecule has 1 aromatic heterocycles. The lowest BCUT2D eigenvalue weighted by atomic mass is 10.1. The van der Waals surface area contributed by atoms with Crippen LogP contribution >= 0.6 is 11.3 Å². The molecule has 0 bridgehead atoms. The van der Waals surface area contributed by atoms with Crippen LogP contribution in [0.1, 0.15) is 0 Å². The summed E-state index contributed by atoms with van der Waals surface area (Å²) < 4.78 is 6.84. The molecule has 2 nitrogen and oxygen atoms in total. The quantitative estimate of drug-likeness (QED) is 0.418. The van der Waals surface area contributed by atoms with Gasteiger partial charge in [0.05, 0.1) is 0 Å². The van der Waals surface area contributed by atoms with Crippen molar-refractivity contribution in [2.45, 2.75) is 0 Å². The fraction of sp³-hybridized carbons (Fsp3) is 0.0500. The predicted molar refractivity (Wildman–Crippen MR) is 98.1 cm³/mol. The van der Waals surface area contributed by atoms with Crippen LogP contribution < -0.4 is 4.58 Å². The van der Waals surface area contributed by atoms with Crippen LogP contribution in [-0.2, 0) is 0 Å². The molecule has 1 aliphatic rings. The third-order valence-corrected chi connectivity index (χ3v) is 5.49. The second-order valence-corrected chi connectivity index (χ2v) is 6.85. The Labute approximate surface area is 137 Å². The first-order valence-electron chi connectivity index (χ1n) is 7.62. The lowest BCUT2D eigenvalue weighted by Gasteiger charge is -1.95. The fourth-order valence-corrected chi connectivity index (χ4v) is 4.38. The van der Waals surface area contributed by atoms with Gasteiger partial charge in [0.15, 0.2) is 7.05 Å². The van der Waals surface area contributed by atoms with Gasteiger partial charge in [-0.1, -0.05) is 34.9 Å². The van der Waals surface area contributed by atoms with E-state index in [0.717, 1.165) is 5.69 Å². The van der Waals surface area contributed by atoms with Crippen LogP contribution in [0.25, 0.3) is 20.2 Å². The summed E-state index contributed by atoms with van der Waals surface area (Å²) >= 11 is 1.85. The highest BCUT2D eigenvalue weighted by molar-refractivity contribution is 7.25. The number of thiophene rings is 1. The summed E-state index contributed by atoms with van der Waals surface area (Å²) in [6.07, 6.45) is 0. The van der Waals surface area contributed by atoms with Crippen molar-refractivity contribution in [1.82, 2.24) is 4.58 Å². The first-order chi connectivity index (χ1) is 11.3. The minimum atomic E-state index is 1.15. The van der Waals surface area contributed by atoms with Gasteiger partial charge < -0.3 is 0 Å². The number of benzene rings is 3. The van der Waals surface area contributed by atoms with Gasteiger partial charge in [0, 0.05) is 44.4 Å². The van der Waals surface area contributed by atoms with Crippen molar-refractivity contribution < 1.29 is 4.58 Å². The number of hydrogen-bond donors (Lipinski definition) is 0. The summed E-state index contributed by atoms with van der Waals surface area (Å²) in [5, 5.41) is 2.67. The number of para-hydroxylation sites is 2. The molecule has 0 aliphatic carbocycles. The molecule has 0 fully saturated rings. The Morgan fingerprint density at radius 3 is 2.43 bits per heavy atom. The molecule has 0 N–H and O–H groups in total. The molecule has 3 heteroatoms. The summed E-state index contributed by atoms with van der Waals surface area (Å²) in [6, 6.07) is 27.1. The molecule has 23 heavy (non-hydrogen) atoms. The fourth-order valence-electron chi connectivity index (χ4n) is 3.25. The van der Waals surface area contributed by atoms with Gasteiger partial charge in [-0.2, -0.15) is 0 Å². The highest BCUT2D eigenvalue weighted by atomic mass is 32.1. The average molecular weight is 314 g/mol. The summed E-state index contributed by atoms with van der Waals surface area (Å²) in [6.45, 7) is 0. The van der Waals surface area contributed by atoms with E-state index in [1.165, 1.54) is 31.5 Å². The second-order valence-electron chi connectivity index (χ2n) is 5.76. The standard InChI is InChI=1S/C20H14N2S/c1-21-13-22(18-8-4-3-7-17(18)21)14-10-11-16-15-6-2-5-9-19(15)23-20(16)12-14/h2-12H,1H3/q+2. The van der Waals surface area contributed by atoms with Crippen LogP contribution in [0.15, 0.2) is 66.7 Å². The van der Waals surface area contributed by atoms with Crippen LogP contribution in [0.4, 0.5) is 17.1 Å². The van der Waals surface area contributed by atoms with Gasteiger partial charge in [-0.05, 0) is 16.7 Å². The minimum Gasteiger partial charge on any atom is -0.135 e. The van der Waals surface area contributed by atoms with E-state index in [0.29, 0.717) is 0 Å². The zero-order chi connectivity index (χ0) is 15.4. The molecule has 0 amide bonds. The summed E-state index contributed by atoms with van der Waals surface area (Å²) in [4.78, 5) is 0. The van der Waals surface area contributed by atoms with Crippen molar-refractivity contribution in [3.05, 3.63) is 66.7 Å². The van der Waals surface area contributed by atoms with E-state index in [4.69, 9.17) is 0 Å². The van der Waals surface area contributed by atoms with E-state index < -0.39 is 0 Å². The molecule has 4 aromatic rings. The Balaban J connectivity index is 1.76. The predicted octanol–water partition coefficient (Wildman–Crippen LogP) is 5.35. The van der Waals surface area contributed by atoms with E-state index in [9.17, 15) is 0 Å². The van der Waals surface area contributed by atoms with Gasteiger partial charge in [-0.25, -0.2) is 0 Å². The minimum absolute atomic E-state index is 1.15. The lowest BCUT2D eigenvalue weighted by Crippen LogP contribution is -1.98. The third kappa shape index (κ3) is 1.81. The molecule has 1 aliphatic heterocycles. The van der Waals surface area contributed by atoms with Crippen molar-refractivity contribution in [2.75, 3.05) is 7.05 Å². The SMILES string of the molecule is C[N+]1=C=[N+](c2ccc3c(c2)sc2ccccc23)c2ccccc21. The number of fused-ring (bicyclic) bond motifs is 4. The monoisotopic (exact) mass is 314 g/mol. The van der Waals surface area contributed by atoms with Crippen molar-refractivity contribution in [2.24, 2.45) is 0 Å². The summed E-state index contributed by atoms with van der Waals surface area (Å²) in [5.74, 6) is 0. The van der Waals surface area contributed by atoms with Crippen LogP contribution in [-0.4, -0.2) is 17.6 Å². The van der Waals surface area contributed by atoms with E-state index >= 15 is 0 Å². The van der Waals surface area contributed by atoms with Crippen LogP contribution in [0.5, 0.6) is 0 Å². The zero-order valence-electron chi connectivity index (χ0n) is 12.7. The molecular formula is C20H14N2S+2. The number of nitrogens with zero attached hydrogens (tertiary/aromatic N) is 2. The molecule has 108 valence electrons. The largest absolute Gasteiger partial charge is 0.496 e. The maximum absolute atomic E-state index is 3.41. The van der Waals surface area contributed by atoms with E-state index in [2.05, 4.69) is 77.3 Å². The molecule has 0 saturated carbocycles. The van der Waals surface area contributed by atoms with Crippen LogP contribution in [0.3, 0.4) is 0 Å².